The summed E-state index contributed by atoms with van der Waals surface area (Å²) in [6.07, 6.45) is 3.43. The Morgan fingerprint density at radius 2 is 2.35 bits per heavy atom. The number of anilines is 1. The molecule has 1 saturated carbocycles. The lowest BCUT2D eigenvalue weighted by Crippen LogP contribution is -2.34. The van der Waals surface area contributed by atoms with Crippen LogP contribution in [0.3, 0.4) is 0 Å². The zero-order valence-corrected chi connectivity index (χ0v) is 12.6. The van der Waals surface area contributed by atoms with Gasteiger partial charge in [0.1, 0.15) is 5.82 Å². The Hall–Kier alpha value is -1.56. The lowest BCUT2D eigenvalue weighted by Gasteiger charge is -2.17. The monoisotopic (exact) mass is 280 g/mol. The van der Waals surface area contributed by atoms with Gasteiger partial charge >= 0.3 is 6.03 Å². The quantitative estimate of drug-likeness (QED) is 0.776. The zero-order chi connectivity index (χ0) is 14.5. The summed E-state index contributed by atoms with van der Waals surface area (Å²) in [5, 5.41) is 7.16. The molecule has 1 aliphatic rings. The predicted octanol–water partition coefficient (Wildman–Crippen LogP) is 1.87. The molecule has 6 nitrogen and oxygen atoms in total. The van der Waals surface area contributed by atoms with Crippen molar-refractivity contribution in [1.29, 1.82) is 0 Å². The molecule has 0 radical (unpaired) electrons. The largest absolute Gasteiger partial charge is 0.379 e. The molecule has 1 heterocycles. The minimum Gasteiger partial charge on any atom is -0.379 e. The summed E-state index contributed by atoms with van der Waals surface area (Å²) >= 11 is 0. The van der Waals surface area contributed by atoms with Crippen LogP contribution in [-0.2, 0) is 18.2 Å². The molecular weight excluding hydrogens is 256 g/mol. The van der Waals surface area contributed by atoms with Gasteiger partial charge in [-0.15, -0.1) is 0 Å². The first-order chi connectivity index (χ1) is 9.60. The van der Waals surface area contributed by atoms with Crippen molar-refractivity contribution in [3.05, 3.63) is 11.8 Å². The fraction of sp³-hybridized carbons (Fsp3) is 0.714. The van der Waals surface area contributed by atoms with Crippen LogP contribution in [0.1, 0.15) is 25.5 Å². The summed E-state index contributed by atoms with van der Waals surface area (Å²) < 4.78 is 7.22. The van der Waals surface area contributed by atoms with Crippen LogP contribution in [0.25, 0.3) is 0 Å². The highest BCUT2D eigenvalue weighted by Gasteiger charge is 2.21. The van der Waals surface area contributed by atoms with Crippen molar-refractivity contribution in [3.63, 3.8) is 0 Å². The van der Waals surface area contributed by atoms with Crippen LogP contribution >= 0.6 is 0 Å². The van der Waals surface area contributed by atoms with Crippen molar-refractivity contribution in [3.8, 4) is 0 Å². The molecule has 0 unspecified atom stereocenters. The van der Waals surface area contributed by atoms with E-state index < -0.39 is 0 Å². The molecule has 20 heavy (non-hydrogen) atoms. The van der Waals surface area contributed by atoms with Gasteiger partial charge < -0.3 is 9.64 Å². The number of ether oxygens (including phenoxy) is 1. The van der Waals surface area contributed by atoms with Gasteiger partial charge in [-0.3, -0.25) is 10.00 Å². The Morgan fingerprint density at radius 1 is 1.60 bits per heavy atom. The van der Waals surface area contributed by atoms with Crippen molar-refractivity contribution >= 4 is 11.8 Å². The van der Waals surface area contributed by atoms with E-state index in [0.717, 1.165) is 30.5 Å². The number of aromatic nitrogens is 2. The van der Waals surface area contributed by atoms with E-state index >= 15 is 0 Å². The number of carbonyl (C=O) groups excluding carboxylic acids is 1. The summed E-state index contributed by atoms with van der Waals surface area (Å²) in [6, 6.07) is 1.76. The van der Waals surface area contributed by atoms with E-state index in [-0.39, 0.29) is 6.03 Å². The van der Waals surface area contributed by atoms with E-state index in [4.69, 9.17) is 4.74 Å². The molecule has 1 aromatic rings. The number of carbonyl (C=O) groups is 1. The predicted molar refractivity (Wildman–Crippen MR) is 77.8 cm³/mol. The Bertz CT molecular complexity index is 454. The van der Waals surface area contributed by atoms with Gasteiger partial charge in [-0.1, -0.05) is 6.92 Å². The topological polar surface area (TPSA) is 59.4 Å². The van der Waals surface area contributed by atoms with Crippen LogP contribution in [-0.4, -0.2) is 47.5 Å². The first-order valence-electron chi connectivity index (χ1n) is 7.23. The Kier molecular flexibility index (Phi) is 5.00. The summed E-state index contributed by atoms with van der Waals surface area (Å²) in [7, 11) is 3.60. The fourth-order valence-corrected chi connectivity index (χ4v) is 1.86. The summed E-state index contributed by atoms with van der Waals surface area (Å²) in [5.41, 5.74) is 0.971. The molecule has 2 rings (SSSR count). The van der Waals surface area contributed by atoms with Gasteiger partial charge in [0.25, 0.3) is 0 Å². The van der Waals surface area contributed by atoms with Crippen LogP contribution in [0.4, 0.5) is 10.6 Å². The molecule has 1 N–H and O–H groups in total. The third-order valence-electron chi connectivity index (χ3n) is 3.50. The SMILES string of the molecule is CCc1cc(NC(=O)N(C)CCOCC2CC2)n(C)n1. The summed E-state index contributed by atoms with van der Waals surface area (Å²) in [6.45, 7) is 4.05. The van der Waals surface area contributed by atoms with Crippen molar-refractivity contribution in [2.75, 3.05) is 32.1 Å². The van der Waals surface area contributed by atoms with Crippen LogP contribution in [0.15, 0.2) is 6.07 Å². The number of hydrogen-bond donors (Lipinski definition) is 1. The van der Waals surface area contributed by atoms with Crippen LogP contribution < -0.4 is 5.32 Å². The van der Waals surface area contributed by atoms with E-state index in [1.807, 2.05) is 20.0 Å². The van der Waals surface area contributed by atoms with E-state index in [0.29, 0.717) is 13.2 Å². The minimum absolute atomic E-state index is 0.134. The normalized spacial score (nSPS) is 14.3. The van der Waals surface area contributed by atoms with E-state index in [1.165, 1.54) is 12.8 Å². The molecule has 0 bridgehead atoms. The van der Waals surface area contributed by atoms with E-state index in [2.05, 4.69) is 10.4 Å². The maximum absolute atomic E-state index is 12.0. The molecule has 0 aliphatic heterocycles. The van der Waals surface area contributed by atoms with E-state index in [9.17, 15) is 4.79 Å². The molecule has 0 spiro atoms. The second-order valence-electron chi connectivity index (χ2n) is 5.37. The molecule has 0 saturated heterocycles. The molecule has 0 atom stereocenters. The third kappa shape index (κ3) is 4.23. The molecule has 1 aliphatic carbocycles. The van der Waals surface area contributed by atoms with Gasteiger partial charge in [-0.05, 0) is 25.2 Å². The number of nitrogens with zero attached hydrogens (tertiary/aromatic N) is 3. The number of nitrogens with one attached hydrogen (secondary N) is 1. The van der Waals surface area contributed by atoms with E-state index in [1.54, 1.807) is 16.6 Å². The molecule has 2 amide bonds. The highest BCUT2D eigenvalue weighted by molar-refractivity contribution is 5.88. The molecule has 112 valence electrons. The highest BCUT2D eigenvalue weighted by atomic mass is 16.5. The molecule has 1 aromatic heterocycles. The number of likely N-dealkylation sites (N-methyl/N-ethyl adjacent to an activating group) is 1. The smallest absolute Gasteiger partial charge is 0.322 e. The van der Waals surface area contributed by atoms with Crippen LogP contribution in [0, 0.1) is 5.92 Å². The van der Waals surface area contributed by atoms with Crippen LogP contribution in [0.2, 0.25) is 0 Å². The number of hydrogen-bond acceptors (Lipinski definition) is 3. The second kappa shape index (κ2) is 6.74. The number of aryl methyl sites for hydroxylation is 2. The maximum atomic E-state index is 12.0. The van der Waals surface area contributed by atoms with Gasteiger partial charge in [0.2, 0.25) is 0 Å². The van der Waals surface area contributed by atoms with Gasteiger partial charge in [0.15, 0.2) is 0 Å². The maximum Gasteiger partial charge on any atom is 0.322 e. The lowest BCUT2D eigenvalue weighted by atomic mass is 10.3. The van der Waals surface area contributed by atoms with Crippen molar-refractivity contribution in [2.24, 2.45) is 13.0 Å². The number of rotatable bonds is 7. The Balaban J connectivity index is 1.72. The Morgan fingerprint density at radius 3 is 2.95 bits per heavy atom. The van der Waals surface area contributed by atoms with Gasteiger partial charge in [0, 0.05) is 33.3 Å². The molecule has 6 heteroatoms. The number of urea groups is 1. The highest BCUT2D eigenvalue weighted by Crippen LogP contribution is 2.28. The first kappa shape index (κ1) is 14.8. The standard InChI is InChI=1S/C14H24N4O2/c1-4-12-9-13(18(3)16-12)15-14(19)17(2)7-8-20-10-11-5-6-11/h9,11H,4-8,10H2,1-3H3,(H,15,19). The van der Waals surface area contributed by atoms with Crippen molar-refractivity contribution in [2.45, 2.75) is 26.2 Å². The summed E-state index contributed by atoms with van der Waals surface area (Å²) in [5.74, 6) is 1.48. The first-order valence-corrected chi connectivity index (χ1v) is 7.23. The number of amides is 2. The summed E-state index contributed by atoms with van der Waals surface area (Å²) in [4.78, 5) is 13.7. The fourth-order valence-electron chi connectivity index (χ4n) is 1.86. The van der Waals surface area contributed by atoms with Gasteiger partial charge in [-0.2, -0.15) is 5.10 Å². The molecule has 0 aromatic carbocycles. The van der Waals surface area contributed by atoms with Gasteiger partial charge in [0.05, 0.1) is 12.3 Å². The average molecular weight is 280 g/mol. The van der Waals surface area contributed by atoms with Crippen LogP contribution in [0.5, 0.6) is 0 Å². The average Bonchev–Trinajstić information content (AvgIpc) is 3.19. The lowest BCUT2D eigenvalue weighted by molar-refractivity contribution is 0.109. The van der Waals surface area contributed by atoms with Crippen molar-refractivity contribution in [1.82, 2.24) is 14.7 Å². The zero-order valence-electron chi connectivity index (χ0n) is 12.6. The Labute approximate surface area is 120 Å². The molecule has 1 fully saturated rings. The van der Waals surface area contributed by atoms with Crippen molar-refractivity contribution < 1.29 is 9.53 Å². The van der Waals surface area contributed by atoms with Gasteiger partial charge in [-0.25, -0.2) is 4.79 Å². The molecular formula is C14H24N4O2. The minimum atomic E-state index is -0.134. The third-order valence-corrected chi connectivity index (χ3v) is 3.50. The second-order valence-corrected chi connectivity index (χ2v) is 5.37.